The molecule has 0 aliphatic heterocycles. The molecule has 0 unspecified atom stereocenters. The molecule has 3 nitrogen and oxygen atoms in total. The van der Waals surface area contributed by atoms with Gasteiger partial charge in [0.15, 0.2) is 0 Å². The van der Waals surface area contributed by atoms with Crippen molar-refractivity contribution in [1.82, 2.24) is 0 Å². The van der Waals surface area contributed by atoms with E-state index >= 15 is 0 Å². The standard InChI is InChI=1S/C10H12F2O3S/c1-16(13,14)15-7-3-4-8-9(11)5-2-6-10(8)12/h2,5-6H,3-4,7H2,1H3. The molecule has 16 heavy (non-hydrogen) atoms. The Morgan fingerprint density at radius 2 is 1.81 bits per heavy atom. The van der Waals surface area contributed by atoms with Gasteiger partial charge in [-0.25, -0.2) is 8.78 Å². The van der Waals surface area contributed by atoms with Crippen molar-refractivity contribution in [2.45, 2.75) is 12.8 Å². The molecule has 0 aliphatic carbocycles. The summed E-state index contributed by atoms with van der Waals surface area (Å²) in [5.74, 6) is -1.25. The van der Waals surface area contributed by atoms with Crippen LogP contribution in [0.2, 0.25) is 0 Å². The normalized spacial score (nSPS) is 11.7. The molecular formula is C10H12F2O3S. The molecule has 0 radical (unpaired) electrons. The fraction of sp³-hybridized carbons (Fsp3) is 0.400. The maximum atomic E-state index is 13.1. The molecule has 0 spiro atoms. The van der Waals surface area contributed by atoms with Crippen LogP contribution >= 0.6 is 0 Å². The van der Waals surface area contributed by atoms with Gasteiger partial charge in [0.1, 0.15) is 11.6 Å². The fourth-order valence-corrected chi connectivity index (χ4v) is 1.65. The summed E-state index contributed by atoms with van der Waals surface area (Å²) in [5.41, 5.74) is -0.0420. The van der Waals surface area contributed by atoms with Crippen LogP contribution in [0.1, 0.15) is 12.0 Å². The number of hydrogen-bond acceptors (Lipinski definition) is 3. The van der Waals surface area contributed by atoms with Gasteiger partial charge in [-0.15, -0.1) is 0 Å². The van der Waals surface area contributed by atoms with Gasteiger partial charge >= 0.3 is 0 Å². The minimum Gasteiger partial charge on any atom is -0.270 e. The summed E-state index contributed by atoms with van der Waals surface area (Å²) in [6.07, 6.45) is 1.27. The third kappa shape index (κ3) is 4.24. The highest BCUT2D eigenvalue weighted by Gasteiger charge is 2.08. The zero-order valence-electron chi connectivity index (χ0n) is 8.74. The van der Waals surface area contributed by atoms with Crippen molar-refractivity contribution < 1.29 is 21.4 Å². The maximum Gasteiger partial charge on any atom is 0.264 e. The second-order valence-electron chi connectivity index (χ2n) is 3.33. The number of rotatable bonds is 5. The fourth-order valence-electron chi connectivity index (χ4n) is 1.23. The molecule has 0 fully saturated rings. The van der Waals surface area contributed by atoms with Crippen molar-refractivity contribution >= 4 is 10.1 Å². The molecule has 0 amide bonds. The molecule has 0 bridgehead atoms. The van der Waals surface area contributed by atoms with E-state index in [0.717, 1.165) is 18.4 Å². The van der Waals surface area contributed by atoms with Gasteiger partial charge in [0.25, 0.3) is 10.1 Å². The van der Waals surface area contributed by atoms with Gasteiger partial charge in [0.05, 0.1) is 12.9 Å². The average molecular weight is 250 g/mol. The predicted octanol–water partition coefficient (Wildman–Crippen LogP) is 1.87. The molecule has 0 aliphatic rings. The molecule has 1 aromatic rings. The van der Waals surface area contributed by atoms with Crippen LogP contribution in [0.5, 0.6) is 0 Å². The first-order chi connectivity index (χ1) is 7.40. The van der Waals surface area contributed by atoms with Crippen molar-refractivity contribution in [2.24, 2.45) is 0 Å². The van der Waals surface area contributed by atoms with E-state index in [-0.39, 0.29) is 25.0 Å². The predicted molar refractivity (Wildman–Crippen MR) is 55.5 cm³/mol. The monoisotopic (exact) mass is 250 g/mol. The van der Waals surface area contributed by atoms with Crippen LogP contribution in [-0.2, 0) is 20.7 Å². The van der Waals surface area contributed by atoms with Gasteiger partial charge in [0.2, 0.25) is 0 Å². The van der Waals surface area contributed by atoms with E-state index in [9.17, 15) is 17.2 Å². The lowest BCUT2D eigenvalue weighted by atomic mass is 10.1. The lowest BCUT2D eigenvalue weighted by Crippen LogP contribution is -2.06. The van der Waals surface area contributed by atoms with Crippen LogP contribution < -0.4 is 0 Å². The van der Waals surface area contributed by atoms with Crippen molar-refractivity contribution in [2.75, 3.05) is 12.9 Å². The Morgan fingerprint density at radius 1 is 1.25 bits per heavy atom. The second-order valence-corrected chi connectivity index (χ2v) is 4.97. The van der Waals surface area contributed by atoms with Crippen LogP contribution in [-0.4, -0.2) is 21.3 Å². The Bertz CT molecular complexity index is 437. The second kappa shape index (κ2) is 5.36. The molecule has 0 N–H and O–H groups in total. The van der Waals surface area contributed by atoms with E-state index in [4.69, 9.17) is 0 Å². The minimum atomic E-state index is -3.49. The first-order valence-corrected chi connectivity index (χ1v) is 6.49. The zero-order valence-corrected chi connectivity index (χ0v) is 9.56. The molecule has 0 aromatic heterocycles. The summed E-state index contributed by atoms with van der Waals surface area (Å²) in [5, 5.41) is 0. The van der Waals surface area contributed by atoms with Gasteiger partial charge < -0.3 is 0 Å². The Hall–Kier alpha value is -1.01. The van der Waals surface area contributed by atoms with Crippen LogP contribution in [0.3, 0.4) is 0 Å². The van der Waals surface area contributed by atoms with Crippen LogP contribution in [0.25, 0.3) is 0 Å². The van der Waals surface area contributed by atoms with E-state index in [1.807, 2.05) is 0 Å². The van der Waals surface area contributed by atoms with Crippen molar-refractivity contribution in [3.63, 3.8) is 0 Å². The Kier molecular flexibility index (Phi) is 4.37. The molecule has 90 valence electrons. The van der Waals surface area contributed by atoms with Crippen LogP contribution in [0.15, 0.2) is 18.2 Å². The topological polar surface area (TPSA) is 43.4 Å². The molecule has 1 aromatic carbocycles. The largest absolute Gasteiger partial charge is 0.270 e. The van der Waals surface area contributed by atoms with Gasteiger partial charge in [0, 0.05) is 5.56 Å². The minimum absolute atomic E-state index is 0.0420. The van der Waals surface area contributed by atoms with Gasteiger partial charge in [-0.1, -0.05) is 6.07 Å². The van der Waals surface area contributed by atoms with Crippen molar-refractivity contribution in [3.8, 4) is 0 Å². The first kappa shape index (κ1) is 13.1. The first-order valence-electron chi connectivity index (χ1n) is 4.67. The summed E-state index contributed by atoms with van der Waals surface area (Å²) in [7, 11) is -3.49. The maximum absolute atomic E-state index is 13.1. The van der Waals surface area contributed by atoms with Gasteiger partial charge in [-0.3, -0.25) is 4.18 Å². The highest BCUT2D eigenvalue weighted by molar-refractivity contribution is 7.85. The van der Waals surface area contributed by atoms with Gasteiger partial charge in [-0.2, -0.15) is 8.42 Å². The average Bonchev–Trinajstić information content (AvgIpc) is 2.14. The summed E-state index contributed by atoms with van der Waals surface area (Å²) < 4.78 is 51.9. The van der Waals surface area contributed by atoms with E-state index in [1.165, 1.54) is 6.07 Å². The van der Waals surface area contributed by atoms with E-state index in [2.05, 4.69) is 4.18 Å². The molecule has 0 saturated carbocycles. The quantitative estimate of drug-likeness (QED) is 0.592. The Labute approximate surface area is 93.2 Å². The molecule has 6 heteroatoms. The van der Waals surface area contributed by atoms with Gasteiger partial charge in [-0.05, 0) is 25.0 Å². The van der Waals surface area contributed by atoms with Crippen LogP contribution in [0.4, 0.5) is 8.78 Å². The third-order valence-electron chi connectivity index (χ3n) is 1.93. The molecule has 0 saturated heterocycles. The molecular weight excluding hydrogens is 238 g/mol. The number of halogens is 2. The van der Waals surface area contributed by atoms with Crippen LogP contribution in [0, 0.1) is 11.6 Å². The summed E-state index contributed by atoms with van der Waals surface area (Å²) in [4.78, 5) is 0. The molecule has 1 rings (SSSR count). The van der Waals surface area contributed by atoms with E-state index in [0.29, 0.717) is 0 Å². The summed E-state index contributed by atoms with van der Waals surface area (Å²) in [6.45, 7) is -0.0768. The lowest BCUT2D eigenvalue weighted by Gasteiger charge is -2.04. The highest BCUT2D eigenvalue weighted by atomic mass is 32.2. The smallest absolute Gasteiger partial charge is 0.264 e. The number of hydrogen-bond donors (Lipinski definition) is 0. The Morgan fingerprint density at radius 3 is 2.31 bits per heavy atom. The number of benzene rings is 1. The zero-order chi connectivity index (χ0) is 12.2. The Balaban J connectivity index is 2.49. The van der Waals surface area contributed by atoms with E-state index < -0.39 is 21.8 Å². The summed E-state index contributed by atoms with van der Waals surface area (Å²) in [6, 6.07) is 3.60. The lowest BCUT2D eigenvalue weighted by molar-refractivity contribution is 0.314. The third-order valence-corrected chi connectivity index (χ3v) is 2.53. The van der Waals surface area contributed by atoms with Crippen molar-refractivity contribution in [1.29, 1.82) is 0 Å². The molecule has 0 heterocycles. The van der Waals surface area contributed by atoms with E-state index in [1.54, 1.807) is 0 Å². The SMILES string of the molecule is CS(=O)(=O)OCCCc1c(F)cccc1F. The highest BCUT2D eigenvalue weighted by Crippen LogP contribution is 2.14. The van der Waals surface area contributed by atoms with Crippen molar-refractivity contribution in [3.05, 3.63) is 35.4 Å². The molecule has 0 atom stereocenters. The summed E-state index contributed by atoms with van der Waals surface area (Å²) >= 11 is 0.